The third kappa shape index (κ3) is 4.41. The number of nitrogens with one attached hydrogen (secondary N) is 3. The number of nitrogens with two attached hydrogens (primary N) is 1. The average molecular weight is 459 g/mol. The van der Waals surface area contributed by atoms with Gasteiger partial charge in [0.25, 0.3) is 0 Å². The molecular weight excluding hydrogens is 428 g/mol. The molecule has 2 aromatic carbocycles. The Kier molecular flexibility index (Phi) is 5.83. The van der Waals surface area contributed by atoms with Crippen LogP contribution >= 0.6 is 0 Å². The summed E-state index contributed by atoms with van der Waals surface area (Å²) in [5, 5.41) is 20.5. The highest BCUT2D eigenvalue weighted by Crippen LogP contribution is 2.36. The Balaban J connectivity index is 1.42. The second-order valence-corrected chi connectivity index (χ2v) is 9.59. The van der Waals surface area contributed by atoms with Crippen molar-refractivity contribution >= 4 is 16.8 Å². The molecular formula is C26H30N6O2. The number of carbonyl (C=O) groups excluding carboxylic acids is 1. The minimum absolute atomic E-state index is 0.0396. The monoisotopic (exact) mass is 458 g/mol. The van der Waals surface area contributed by atoms with E-state index in [-0.39, 0.29) is 23.9 Å². The van der Waals surface area contributed by atoms with Crippen LogP contribution in [-0.2, 0) is 11.2 Å². The lowest BCUT2D eigenvalue weighted by Crippen LogP contribution is -2.45. The van der Waals surface area contributed by atoms with E-state index in [4.69, 9.17) is 10.7 Å². The first-order chi connectivity index (χ1) is 16.4. The van der Waals surface area contributed by atoms with Crippen LogP contribution in [0.1, 0.15) is 50.0 Å². The number of aromatic amines is 2. The summed E-state index contributed by atoms with van der Waals surface area (Å²) in [4.78, 5) is 21.5. The SMILES string of the molecule is CC1(C(=O)N[C@@H](Cc2ccccc2)c2nc(-c3ccc4[nH]nc(O)c4c3)c[nH]2)CCC(N)CC1. The topological polar surface area (TPSA) is 133 Å². The molecule has 2 aromatic heterocycles. The molecule has 8 nitrogen and oxygen atoms in total. The van der Waals surface area contributed by atoms with Crippen LogP contribution in [0.5, 0.6) is 5.88 Å². The summed E-state index contributed by atoms with van der Waals surface area (Å²) in [6.45, 7) is 2.04. The molecule has 5 rings (SSSR count). The maximum absolute atomic E-state index is 13.4. The average Bonchev–Trinajstić information content (AvgIpc) is 3.48. The normalized spacial score (nSPS) is 21.4. The lowest BCUT2D eigenvalue weighted by Gasteiger charge is -2.35. The number of benzene rings is 2. The third-order valence-electron chi connectivity index (χ3n) is 7.04. The van der Waals surface area contributed by atoms with Crippen LogP contribution in [0.4, 0.5) is 0 Å². The Hall–Kier alpha value is -3.65. The van der Waals surface area contributed by atoms with E-state index < -0.39 is 5.41 Å². The Morgan fingerprint density at radius 1 is 1.24 bits per heavy atom. The summed E-state index contributed by atoms with van der Waals surface area (Å²) in [6.07, 6.45) is 5.75. The molecule has 4 aromatic rings. The van der Waals surface area contributed by atoms with E-state index in [0.29, 0.717) is 17.6 Å². The number of fused-ring (bicyclic) bond motifs is 1. The molecule has 0 saturated heterocycles. The number of H-pyrrole nitrogens is 2. The van der Waals surface area contributed by atoms with Crippen molar-refractivity contribution in [3.63, 3.8) is 0 Å². The first kappa shape index (κ1) is 22.2. The summed E-state index contributed by atoms with van der Waals surface area (Å²) in [6, 6.07) is 15.6. The summed E-state index contributed by atoms with van der Waals surface area (Å²) >= 11 is 0. The number of aromatic hydroxyl groups is 1. The first-order valence-electron chi connectivity index (χ1n) is 11.7. The van der Waals surface area contributed by atoms with Gasteiger partial charge in [-0.3, -0.25) is 9.89 Å². The molecule has 34 heavy (non-hydrogen) atoms. The van der Waals surface area contributed by atoms with Gasteiger partial charge in [0, 0.05) is 23.2 Å². The molecule has 1 aliphatic carbocycles. The summed E-state index contributed by atoms with van der Waals surface area (Å²) in [5.41, 5.74) is 9.11. The molecule has 1 amide bonds. The van der Waals surface area contributed by atoms with Gasteiger partial charge in [-0.1, -0.05) is 43.3 Å². The van der Waals surface area contributed by atoms with E-state index in [9.17, 15) is 9.90 Å². The van der Waals surface area contributed by atoms with Gasteiger partial charge in [-0.25, -0.2) is 4.98 Å². The molecule has 6 N–H and O–H groups in total. The van der Waals surface area contributed by atoms with E-state index >= 15 is 0 Å². The molecule has 0 unspecified atom stereocenters. The Labute approximate surface area is 198 Å². The zero-order valence-corrected chi connectivity index (χ0v) is 19.2. The summed E-state index contributed by atoms with van der Waals surface area (Å²) in [7, 11) is 0. The molecule has 1 saturated carbocycles. The number of amides is 1. The molecule has 1 fully saturated rings. The van der Waals surface area contributed by atoms with Crippen molar-refractivity contribution < 1.29 is 9.90 Å². The van der Waals surface area contributed by atoms with Crippen molar-refractivity contribution in [2.24, 2.45) is 11.1 Å². The van der Waals surface area contributed by atoms with Gasteiger partial charge < -0.3 is 21.1 Å². The number of carbonyl (C=O) groups is 1. The van der Waals surface area contributed by atoms with Crippen molar-refractivity contribution in [2.45, 2.75) is 51.1 Å². The van der Waals surface area contributed by atoms with Crippen molar-refractivity contribution in [3.8, 4) is 17.1 Å². The molecule has 0 aliphatic heterocycles. The van der Waals surface area contributed by atoms with Gasteiger partial charge in [0.1, 0.15) is 5.82 Å². The van der Waals surface area contributed by atoms with Gasteiger partial charge >= 0.3 is 0 Å². The van der Waals surface area contributed by atoms with Crippen molar-refractivity contribution in [1.82, 2.24) is 25.5 Å². The number of imidazole rings is 1. The maximum atomic E-state index is 13.4. The summed E-state index contributed by atoms with van der Waals surface area (Å²) in [5.74, 6) is 0.699. The fraction of sp³-hybridized carbons (Fsp3) is 0.346. The Morgan fingerprint density at radius 3 is 2.76 bits per heavy atom. The predicted molar refractivity (Wildman–Crippen MR) is 131 cm³/mol. The molecule has 2 heterocycles. The maximum Gasteiger partial charge on any atom is 0.238 e. The summed E-state index contributed by atoms with van der Waals surface area (Å²) < 4.78 is 0. The molecule has 176 valence electrons. The first-order valence-corrected chi connectivity index (χ1v) is 11.7. The van der Waals surface area contributed by atoms with Crippen molar-refractivity contribution in [1.29, 1.82) is 0 Å². The van der Waals surface area contributed by atoms with Gasteiger partial charge in [0.2, 0.25) is 11.8 Å². The molecule has 0 radical (unpaired) electrons. The third-order valence-corrected chi connectivity index (χ3v) is 7.04. The zero-order valence-electron chi connectivity index (χ0n) is 19.2. The molecule has 8 heteroatoms. The fourth-order valence-corrected chi connectivity index (χ4v) is 4.73. The van der Waals surface area contributed by atoms with Crippen molar-refractivity contribution in [2.75, 3.05) is 0 Å². The highest BCUT2D eigenvalue weighted by molar-refractivity contribution is 5.88. The van der Waals surface area contributed by atoms with Crippen LogP contribution < -0.4 is 11.1 Å². The minimum Gasteiger partial charge on any atom is -0.492 e. The second kappa shape index (κ2) is 8.95. The lowest BCUT2D eigenvalue weighted by atomic mass is 9.73. The number of hydrogen-bond donors (Lipinski definition) is 5. The predicted octanol–water partition coefficient (Wildman–Crippen LogP) is 3.97. The second-order valence-electron chi connectivity index (χ2n) is 9.59. The number of rotatable bonds is 6. The van der Waals surface area contributed by atoms with Gasteiger partial charge in [-0.05, 0) is 49.8 Å². The number of aromatic nitrogens is 4. The van der Waals surface area contributed by atoms with Crippen LogP contribution in [0.25, 0.3) is 22.2 Å². The van der Waals surface area contributed by atoms with Crippen LogP contribution in [0.3, 0.4) is 0 Å². The van der Waals surface area contributed by atoms with E-state index in [1.807, 2.05) is 49.5 Å². The van der Waals surface area contributed by atoms with Crippen LogP contribution in [-0.4, -0.2) is 37.2 Å². The van der Waals surface area contributed by atoms with Gasteiger partial charge in [-0.15, -0.1) is 5.10 Å². The van der Waals surface area contributed by atoms with Crippen LogP contribution in [0, 0.1) is 5.41 Å². The quantitative estimate of drug-likeness (QED) is 0.298. The van der Waals surface area contributed by atoms with E-state index in [1.165, 1.54) is 0 Å². The lowest BCUT2D eigenvalue weighted by molar-refractivity contribution is -0.132. The molecule has 0 spiro atoms. The highest BCUT2D eigenvalue weighted by Gasteiger charge is 2.38. The zero-order chi connectivity index (χ0) is 23.7. The van der Waals surface area contributed by atoms with Gasteiger partial charge in [0.05, 0.1) is 22.6 Å². The molecule has 0 bridgehead atoms. The van der Waals surface area contributed by atoms with Gasteiger partial charge in [-0.2, -0.15) is 0 Å². The Morgan fingerprint density at radius 2 is 2.00 bits per heavy atom. The molecule has 1 aliphatic rings. The number of hydrogen-bond acceptors (Lipinski definition) is 5. The highest BCUT2D eigenvalue weighted by atomic mass is 16.3. The van der Waals surface area contributed by atoms with Gasteiger partial charge in [0.15, 0.2) is 0 Å². The fourth-order valence-electron chi connectivity index (χ4n) is 4.73. The number of nitrogens with zero attached hydrogens (tertiary/aromatic N) is 2. The Bertz CT molecular complexity index is 1290. The van der Waals surface area contributed by atoms with Crippen molar-refractivity contribution in [3.05, 3.63) is 66.1 Å². The smallest absolute Gasteiger partial charge is 0.238 e. The van der Waals surface area contributed by atoms with Crippen LogP contribution in [0.2, 0.25) is 0 Å². The van der Waals surface area contributed by atoms with E-state index in [1.54, 1.807) is 0 Å². The molecule has 1 atom stereocenters. The largest absolute Gasteiger partial charge is 0.492 e. The van der Waals surface area contributed by atoms with E-state index in [2.05, 4.69) is 32.6 Å². The van der Waals surface area contributed by atoms with Crippen LogP contribution in [0.15, 0.2) is 54.7 Å². The standard InChI is InChI=1S/C26H30N6O2/c1-26(11-9-18(27)10-12-26)25(34)30-21(13-16-5-3-2-4-6-16)23-28-15-22(29-23)17-7-8-20-19(14-17)24(33)32-31-20/h2-8,14-15,18,21H,9-13,27H2,1H3,(H,28,29)(H,30,34)(H2,31,32,33)/t18?,21-,26?/m0/s1. The minimum atomic E-state index is -0.427. The van der Waals surface area contributed by atoms with E-state index in [0.717, 1.165) is 48.0 Å².